The average molecular weight is 910 g/mol. The Kier molecular flexibility index (Phi) is 11.6. The standard InChI is InChI=1S/C48H50As2Cl2P2/c1-27-19-31(5)43(32(6)20-27)39-15-13-16-40(44-33(7)21-28(2)22-34(44)8)47(39)53-49(51)54(50(53)52)48-41(45-35(9)23-29(3)24-36(45)10)17-14-18-42(48)46-37(11)25-30(4)26-38(46)12/h13-26H,1-12H3. The van der Waals surface area contributed by atoms with Gasteiger partial charge < -0.3 is 0 Å². The van der Waals surface area contributed by atoms with Gasteiger partial charge >= 0.3 is 345 Å². The van der Waals surface area contributed by atoms with Gasteiger partial charge in [0.1, 0.15) is 0 Å². The van der Waals surface area contributed by atoms with Gasteiger partial charge in [0.15, 0.2) is 0 Å². The number of rotatable bonds is 6. The molecule has 6 heteroatoms. The van der Waals surface area contributed by atoms with E-state index in [9.17, 15) is 0 Å². The van der Waals surface area contributed by atoms with Crippen LogP contribution in [0.1, 0.15) is 66.8 Å². The van der Waals surface area contributed by atoms with E-state index < -0.39 is 35.7 Å². The summed E-state index contributed by atoms with van der Waals surface area (Å²) >= 11 is -4.08. The van der Waals surface area contributed by atoms with Gasteiger partial charge in [0.05, 0.1) is 0 Å². The molecule has 0 atom stereocenters. The summed E-state index contributed by atoms with van der Waals surface area (Å²) in [6.07, 6.45) is 0. The Bertz CT molecular complexity index is 2060. The predicted molar refractivity (Wildman–Crippen MR) is 248 cm³/mol. The van der Waals surface area contributed by atoms with Crippen LogP contribution in [0.3, 0.4) is 0 Å². The Labute approximate surface area is 342 Å². The molecule has 0 aliphatic carbocycles. The molecule has 0 nitrogen and oxygen atoms in total. The van der Waals surface area contributed by atoms with Crippen molar-refractivity contribution in [1.29, 1.82) is 0 Å². The van der Waals surface area contributed by atoms with Gasteiger partial charge in [-0.05, 0) is 0 Å². The van der Waals surface area contributed by atoms with Crippen molar-refractivity contribution in [2.45, 2.75) is 83.1 Å². The molecule has 1 saturated heterocycles. The zero-order chi connectivity index (χ0) is 38.9. The van der Waals surface area contributed by atoms with Gasteiger partial charge in [0, 0.05) is 0 Å². The van der Waals surface area contributed by atoms with Gasteiger partial charge in [-0.2, -0.15) is 0 Å². The summed E-state index contributed by atoms with van der Waals surface area (Å²) in [5.74, 6) is 0. The maximum atomic E-state index is 8.26. The number of hydrogen-bond donors (Lipinski definition) is 0. The van der Waals surface area contributed by atoms with E-state index >= 15 is 0 Å². The Balaban J connectivity index is 1.51. The SMILES string of the molecule is Cc1cc(C)c(-c2cccc(-c3c(C)cc(C)cc3C)c2P2[As](Cl)P(c3c(-c4c(C)cc(C)cc4C)cccc3-c3c(C)cc(C)cc3C)[As]2Cl)c(C)c1. The first-order chi connectivity index (χ1) is 25.6. The molecule has 6 aromatic carbocycles. The Morgan fingerprint density at radius 3 is 0.704 bits per heavy atom. The summed E-state index contributed by atoms with van der Waals surface area (Å²) in [4.78, 5) is 0. The first kappa shape index (κ1) is 40.1. The van der Waals surface area contributed by atoms with Gasteiger partial charge in [-0.1, -0.05) is 0 Å². The number of hydrogen-bond acceptors (Lipinski definition) is 0. The molecule has 276 valence electrons. The molecule has 1 heterocycles. The molecule has 54 heavy (non-hydrogen) atoms. The van der Waals surface area contributed by atoms with Crippen LogP contribution in [0.25, 0.3) is 44.5 Å². The second-order valence-electron chi connectivity index (χ2n) is 15.6. The molecule has 0 N–H and O–H groups in total. The topological polar surface area (TPSA) is 0 Å². The normalized spacial score (nSPS) is 18.2. The molecular formula is C48H50As2Cl2P2. The molecule has 0 radical (unpaired) electrons. The minimum absolute atomic E-state index is 0.684. The molecule has 7 rings (SSSR count). The third-order valence-corrected chi connectivity index (χ3v) is 104. The summed E-state index contributed by atoms with van der Waals surface area (Å²) in [6.45, 7) is 27.1. The fraction of sp³-hybridized carbons (Fsp3) is 0.250. The van der Waals surface area contributed by atoms with Crippen LogP contribution in [-0.4, -0.2) is 25.6 Å². The number of halogens is 2. The number of benzene rings is 6. The van der Waals surface area contributed by atoms with Crippen molar-refractivity contribution in [3.63, 3.8) is 0 Å². The molecule has 1 aliphatic rings. The van der Waals surface area contributed by atoms with Crippen molar-refractivity contribution < 1.29 is 0 Å². The van der Waals surface area contributed by atoms with Crippen molar-refractivity contribution in [3.05, 3.63) is 152 Å². The van der Waals surface area contributed by atoms with E-state index in [1.165, 1.54) is 122 Å². The molecule has 0 spiro atoms. The second kappa shape index (κ2) is 15.7. The van der Waals surface area contributed by atoms with Gasteiger partial charge in [0.25, 0.3) is 0 Å². The molecule has 0 bridgehead atoms. The van der Waals surface area contributed by atoms with Gasteiger partial charge in [0.2, 0.25) is 0 Å². The maximum absolute atomic E-state index is 8.26. The monoisotopic (exact) mass is 908 g/mol. The molecule has 0 amide bonds. The molecule has 0 unspecified atom stereocenters. The van der Waals surface area contributed by atoms with Crippen molar-refractivity contribution >= 4 is 66.2 Å². The fourth-order valence-corrected chi connectivity index (χ4v) is 125. The van der Waals surface area contributed by atoms with Crippen molar-refractivity contribution in [2.24, 2.45) is 0 Å². The Morgan fingerprint density at radius 1 is 0.333 bits per heavy atom. The van der Waals surface area contributed by atoms with Gasteiger partial charge in [-0.3, -0.25) is 0 Å². The van der Waals surface area contributed by atoms with E-state index in [1.54, 1.807) is 0 Å². The molecule has 6 aromatic rings. The van der Waals surface area contributed by atoms with E-state index in [1.807, 2.05) is 0 Å². The zero-order valence-electron chi connectivity index (χ0n) is 33.6. The third-order valence-electron chi connectivity index (χ3n) is 10.9. The summed E-state index contributed by atoms with van der Waals surface area (Å²) in [7, 11) is 16.5. The number of aryl methyl sites for hydroxylation is 12. The molecule has 0 aromatic heterocycles. The van der Waals surface area contributed by atoms with E-state index in [0.717, 1.165) is 0 Å². The Hall–Kier alpha value is -2.12. The summed E-state index contributed by atoms with van der Waals surface area (Å²) in [5, 5.41) is 1.59. The second-order valence-corrected chi connectivity index (χ2v) is 58.6. The van der Waals surface area contributed by atoms with E-state index in [2.05, 4.69) is 168 Å². The average Bonchev–Trinajstić information content (AvgIpc) is 3.05. The van der Waals surface area contributed by atoms with Gasteiger partial charge in [-0.25, -0.2) is 0 Å². The van der Waals surface area contributed by atoms with Gasteiger partial charge in [-0.15, -0.1) is 0 Å². The van der Waals surface area contributed by atoms with E-state index in [-0.39, 0.29) is 0 Å². The van der Waals surface area contributed by atoms with Crippen LogP contribution in [0.5, 0.6) is 0 Å². The van der Waals surface area contributed by atoms with Crippen LogP contribution in [0.2, 0.25) is 0 Å². The van der Waals surface area contributed by atoms with Crippen molar-refractivity contribution in [3.8, 4) is 44.5 Å². The van der Waals surface area contributed by atoms with Crippen LogP contribution in [0, 0.1) is 83.1 Å². The fourth-order valence-electron chi connectivity index (χ4n) is 9.33. The molecular weight excluding hydrogens is 859 g/mol. The third kappa shape index (κ3) is 7.06. The van der Waals surface area contributed by atoms with Crippen LogP contribution in [-0.2, 0) is 0 Å². The molecule has 0 saturated carbocycles. The summed E-state index contributed by atoms with van der Waals surface area (Å²) in [6, 6.07) is 32.8. The summed E-state index contributed by atoms with van der Waals surface area (Å²) < 4.78 is 0. The molecule has 1 aliphatic heterocycles. The minimum atomic E-state index is -2.04. The van der Waals surface area contributed by atoms with Crippen molar-refractivity contribution in [1.82, 2.24) is 0 Å². The predicted octanol–water partition coefficient (Wildman–Crippen LogP) is 14.4. The molecule has 1 fully saturated rings. The van der Waals surface area contributed by atoms with Crippen LogP contribution >= 0.6 is 30.0 Å². The van der Waals surface area contributed by atoms with Crippen LogP contribution < -0.4 is 10.6 Å². The van der Waals surface area contributed by atoms with E-state index in [0.29, 0.717) is 0 Å². The van der Waals surface area contributed by atoms with Crippen molar-refractivity contribution in [2.75, 3.05) is 0 Å². The van der Waals surface area contributed by atoms with Crippen LogP contribution in [0.4, 0.5) is 0 Å². The summed E-state index contributed by atoms with van der Waals surface area (Å²) in [5.41, 5.74) is 26.7. The van der Waals surface area contributed by atoms with Crippen LogP contribution in [0.15, 0.2) is 84.9 Å². The quantitative estimate of drug-likeness (QED) is 0.115. The Morgan fingerprint density at radius 2 is 0.519 bits per heavy atom. The zero-order valence-corrected chi connectivity index (χ0v) is 40.7. The first-order valence-corrected chi connectivity index (χ1v) is 36.2. The van der Waals surface area contributed by atoms with E-state index in [4.69, 9.17) is 19.9 Å². The first-order valence-electron chi connectivity index (χ1n) is 18.7.